The number of benzene rings is 1. The molecule has 0 radical (unpaired) electrons. The number of aryl methyl sites for hydroxylation is 1. The van der Waals surface area contributed by atoms with E-state index in [2.05, 4.69) is 11.1 Å². The Labute approximate surface area is 117 Å². The van der Waals surface area contributed by atoms with E-state index >= 15 is 0 Å². The largest absolute Gasteiger partial charge is 0.438 e. The number of carbonyl (C=O) groups excluding carboxylic acids is 1. The molecule has 1 atom stereocenters. The summed E-state index contributed by atoms with van der Waals surface area (Å²) in [5, 5.41) is 0. The molecule has 5 nitrogen and oxygen atoms in total. The van der Waals surface area contributed by atoms with Gasteiger partial charge in [-0.05, 0) is 31.5 Å². The van der Waals surface area contributed by atoms with E-state index in [0.29, 0.717) is 30.5 Å². The van der Waals surface area contributed by atoms with Crippen molar-refractivity contribution in [3.05, 3.63) is 47.7 Å². The average molecular weight is 271 g/mol. The Bertz CT molecular complexity index is 636. The summed E-state index contributed by atoms with van der Waals surface area (Å²) in [5.41, 5.74) is 8.43. The molecule has 0 aliphatic carbocycles. The van der Waals surface area contributed by atoms with Crippen LogP contribution in [0.2, 0.25) is 0 Å². The summed E-state index contributed by atoms with van der Waals surface area (Å²) in [5.74, 6) is 0.476. The van der Waals surface area contributed by atoms with E-state index in [-0.39, 0.29) is 5.91 Å². The van der Waals surface area contributed by atoms with Gasteiger partial charge in [-0.15, -0.1) is 0 Å². The molecule has 1 aliphatic heterocycles. The first-order valence-corrected chi connectivity index (χ1v) is 6.73. The van der Waals surface area contributed by atoms with Gasteiger partial charge in [-0.3, -0.25) is 4.79 Å². The van der Waals surface area contributed by atoms with Gasteiger partial charge < -0.3 is 15.1 Å². The summed E-state index contributed by atoms with van der Waals surface area (Å²) in [4.78, 5) is 18.4. The van der Waals surface area contributed by atoms with Gasteiger partial charge in [0.2, 0.25) is 5.76 Å². The number of aromatic nitrogens is 1. The summed E-state index contributed by atoms with van der Waals surface area (Å²) < 4.78 is 5.22. The molecule has 5 heteroatoms. The highest BCUT2D eigenvalue weighted by atomic mass is 16.3. The summed E-state index contributed by atoms with van der Waals surface area (Å²) in [6, 6.07) is 7.97. The highest BCUT2D eigenvalue weighted by molar-refractivity contribution is 6.06. The van der Waals surface area contributed by atoms with E-state index in [1.54, 1.807) is 11.8 Å². The molecular weight excluding hydrogens is 254 g/mol. The maximum Gasteiger partial charge on any atom is 0.295 e. The molecule has 20 heavy (non-hydrogen) atoms. The molecule has 0 spiro atoms. The van der Waals surface area contributed by atoms with Crippen LogP contribution in [0.25, 0.3) is 0 Å². The molecule has 0 bridgehead atoms. The van der Waals surface area contributed by atoms with E-state index < -0.39 is 0 Å². The third-order valence-electron chi connectivity index (χ3n) is 3.77. The second-order valence-electron chi connectivity index (χ2n) is 5.02. The highest BCUT2D eigenvalue weighted by Crippen LogP contribution is 2.38. The van der Waals surface area contributed by atoms with Gasteiger partial charge >= 0.3 is 0 Å². The standard InChI is InChI=1S/C15H17N3O2/c1-10-14(20-9-17-10)15(19)18-8-11(6-7-16)12-4-2-3-5-13(12)18/h2-5,9,11H,6-8,16H2,1H3. The fourth-order valence-electron chi connectivity index (χ4n) is 2.77. The molecule has 0 saturated carbocycles. The van der Waals surface area contributed by atoms with Crippen molar-refractivity contribution in [3.63, 3.8) is 0 Å². The average Bonchev–Trinajstić information content (AvgIpc) is 3.03. The number of nitrogens with zero attached hydrogens (tertiary/aromatic N) is 2. The zero-order valence-corrected chi connectivity index (χ0v) is 11.4. The maximum atomic E-state index is 12.6. The van der Waals surface area contributed by atoms with E-state index in [4.69, 9.17) is 10.2 Å². The highest BCUT2D eigenvalue weighted by Gasteiger charge is 2.33. The molecule has 1 aromatic heterocycles. The zero-order valence-electron chi connectivity index (χ0n) is 11.4. The van der Waals surface area contributed by atoms with Crippen molar-refractivity contribution < 1.29 is 9.21 Å². The predicted octanol–water partition coefficient (Wildman–Crippen LogP) is 2.08. The molecule has 104 valence electrons. The van der Waals surface area contributed by atoms with E-state index in [0.717, 1.165) is 12.1 Å². The van der Waals surface area contributed by atoms with Gasteiger partial charge in [0.25, 0.3) is 5.91 Å². The van der Waals surface area contributed by atoms with Crippen LogP contribution in [0.15, 0.2) is 35.1 Å². The number of nitrogens with two attached hydrogens (primary N) is 1. The zero-order chi connectivity index (χ0) is 14.1. The topological polar surface area (TPSA) is 72.4 Å². The van der Waals surface area contributed by atoms with Gasteiger partial charge in [0.15, 0.2) is 6.39 Å². The molecular formula is C15H17N3O2. The van der Waals surface area contributed by atoms with Crippen LogP contribution in [0, 0.1) is 6.92 Å². The molecule has 3 rings (SSSR count). The lowest BCUT2D eigenvalue weighted by Crippen LogP contribution is -2.30. The van der Waals surface area contributed by atoms with E-state index in [1.807, 2.05) is 18.2 Å². The number of hydrogen-bond acceptors (Lipinski definition) is 4. The van der Waals surface area contributed by atoms with Gasteiger partial charge in [0, 0.05) is 18.2 Å². The Kier molecular flexibility index (Phi) is 3.28. The first kappa shape index (κ1) is 12.9. The minimum atomic E-state index is -0.132. The number of hydrogen-bond donors (Lipinski definition) is 1. The second-order valence-corrected chi connectivity index (χ2v) is 5.02. The van der Waals surface area contributed by atoms with Gasteiger partial charge in [-0.1, -0.05) is 18.2 Å². The van der Waals surface area contributed by atoms with Crippen molar-refractivity contribution in [1.82, 2.24) is 4.98 Å². The normalized spacial score (nSPS) is 17.3. The first-order chi connectivity index (χ1) is 9.72. The van der Waals surface area contributed by atoms with Crippen LogP contribution in [0.3, 0.4) is 0 Å². The van der Waals surface area contributed by atoms with Crippen LogP contribution in [0.1, 0.15) is 34.2 Å². The molecule has 2 N–H and O–H groups in total. The summed E-state index contributed by atoms with van der Waals surface area (Å²) >= 11 is 0. The number of rotatable bonds is 3. The lowest BCUT2D eigenvalue weighted by Gasteiger charge is -2.16. The number of fused-ring (bicyclic) bond motifs is 1. The van der Waals surface area contributed by atoms with Crippen LogP contribution in [0.4, 0.5) is 5.69 Å². The number of oxazole rings is 1. The van der Waals surface area contributed by atoms with Gasteiger partial charge in [0.1, 0.15) is 0 Å². The smallest absolute Gasteiger partial charge is 0.295 e. The Balaban J connectivity index is 1.96. The molecule has 2 aromatic rings. The Morgan fingerprint density at radius 1 is 1.50 bits per heavy atom. The van der Waals surface area contributed by atoms with Crippen LogP contribution in [0.5, 0.6) is 0 Å². The third-order valence-corrected chi connectivity index (χ3v) is 3.77. The Morgan fingerprint density at radius 3 is 3.00 bits per heavy atom. The second kappa shape index (κ2) is 5.09. The van der Waals surface area contributed by atoms with Gasteiger partial charge in [0.05, 0.1) is 5.69 Å². The number of amides is 1. The van der Waals surface area contributed by atoms with Crippen molar-refractivity contribution >= 4 is 11.6 Å². The van der Waals surface area contributed by atoms with Crippen molar-refractivity contribution in [2.75, 3.05) is 18.0 Å². The first-order valence-electron chi connectivity index (χ1n) is 6.73. The summed E-state index contributed by atoms with van der Waals surface area (Å²) in [6.45, 7) is 3.04. The SMILES string of the molecule is Cc1ncoc1C(=O)N1CC(CCN)c2ccccc21. The minimum absolute atomic E-state index is 0.132. The third kappa shape index (κ3) is 2.00. The van der Waals surface area contributed by atoms with Crippen LogP contribution in [-0.4, -0.2) is 24.0 Å². The molecule has 1 amide bonds. The van der Waals surface area contributed by atoms with Gasteiger partial charge in [-0.2, -0.15) is 0 Å². The number of carbonyl (C=O) groups is 1. The lowest BCUT2D eigenvalue weighted by molar-refractivity contribution is 0.0960. The molecule has 1 aliphatic rings. The van der Waals surface area contributed by atoms with Crippen molar-refractivity contribution in [2.24, 2.45) is 5.73 Å². The molecule has 2 heterocycles. The quantitative estimate of drug-likeness (QED) is 0.927. The van der Waals surface area contributed by atoms with E-state index in [9.17, 15) is 4.79 Å². The van der Waals surface area contributed by atoms with Crippen LogP contribution >= 0.6 is 0 Å². The van der Waals surface area contributed by atoms with Crippen LogP contribution < -0.4 is 10.6 Å². The summed E-state index contributed by atoms with van der Waals surface area (Å²) in [7, 11) is 0. The monoisotopic (exact) mass is 271 g/mol. The number of anilines is 1. The molecule has 0 fully saturated rings. The summed E-state index contributed by atoms with van der Waals surface area (Å²) in [6.07, 6.45) is 2.18. The minimum Gasteiger partial charge on any atom is -0.438 e. The fraction of sp³-hybridized carbons (Fsp3) is 0.333. The van der Waals surface area contributed by atoms with Gasteiger partial charge in [-0.25, -0.2) is 4.98 Å². The number of para-hydroxylation sites is 1. The van der Waals surface area contributed by atoms with Crippen molar-refractivity contribution in [3.8, 4) is 0 Å². The Morgan fingerprint density at radius 2 is 2.30 bits per heavy atom. The predicted molar refractivity (Wildman–Crippen MR) is 75.8 cm³/mol. The Hall–Kier alpha value is -2.14. The lowest BCUT2D eigenvalue weighted by atomic mass is 9.98. The fourth-order valence-corrected chi connectivity index (χ4v) is 2.77. The maximum absolute atomic E-state index is 12.6. The van der Waals surface area contributed by atoms with Crippen molar-refractivity contribution in [2.45, 2.75) is 19.3 Å². The van der Waals surface area contributed by atoms with E-state index in [1.165, 1.54) is 12.0 Å². The molecule has 0 saturated heterocycles. The molecule has 1 aromatic carbocycles. The van der Waals surface area contributed by atoms with Crippen molar-refractivity contribution in [1.29, 1.82) is 0 Å². The van der Waals surface area contributed by atoms with Crippen LogP contribution in [-0.2, 0) is 0 Å². The molecule has 1 unspecified atom stereocenters.